The Kier molecular flexibility index (Phi) is 3.56. The van der Waals surface area contributed by atoms with Crippen LogP contribution in [0.5, 0.6) is 0 Å². The quantitative estimate of drug-likeness (QED) is 0.821. The molecule has 1 heterocycles. The molecule has 0 fully saturated rings. The Morgan fingerprint density at radius 3 is 2.68 bits per heavy atom. The number of benzene rings is 1. The molecule has 1 amide bonds. The van der Waals surface area contributed by atoms with E-state index < -0.39 is 11.9 Å². The van der Waals surface area contributed by atoms with E-state index in [1.165, 1.54) is 13.0 Å². The van der Waals surface area contributed by atoms with Crippen LogP contribution in [0.15, 0.2) is 42.2 Å². The van der Waals surface area contributed by atoms with E-state index in [9.17, 15) is 9.59 Å². The molecule has 0 aliphatic heterocycles. The van der Waals surface area contributed by atoms with Crippen molar-refractivity contribution in [3.05, 3.63) is 47.8 Å². The average molecular weight is 256 g/mol. The van der Waals surface area contributed by atoms with Crippen LogP contribution in [0.2, 0.25) is 0 Å². The molecule has 19 heavy (non-hydrogen) atoms. The Morgan fingerprint density at radius 1 is 1.26 bits per heavy atom. The fourth-order valence-corrected chi connectivity index (χ4v) is 1.74. The van der Waals surface area contributed by atoms with E-state index in [1.54, 1.807) is 12.3 Å². The minimum atomic E-state index is -1.19. The molecule has 5 nitrogen and oxygen atoms in total. The maximum atomic E-state index is 11.1. The second-order valence-corrected chi connectivity index (χ2v) is 3.97. The first kappa shape index (κ1) is 12.8. The first-order valence-electron chi connectivity index (χ1n) is 5.64. The standard InChI is InChI=1S/C14H12N2O3/c1-9(17)16-12(14(18)19)8-11-5-2-4-10-6-3-7-15-13(10)11/h2-8H,1H3,(H,16,17)(H,18,19)/b12-8+. The summed E-state index contributed by atoms with van der Waals surface area (Å²) < 4.78 is 0. The van der Waals surface area contributed by atoms with Crippen molar-refractivity contribution >= 4 is 28.9 Å². The number of rotatable bonds is 3. The number of amides is 1. The Labute approximate surface area is 109 Å². The SMILES string of the molecule is CC(=O)N/C(=C/c1cccc2cccnc12)C(=O)O. The molecule has 0 aliphatic rings. The molecule has 0 saturated carbocycles. The molecule has 0 bridgehead atoms. The van der Waals surface area contributed by atoms with Gasteiger partial charge in [0, 0.05) is 24.1 Å². The molecule has 5 heteroatoms. The largest absolute Gasteiger partial charge is 0.477 e. The zero-order valence-corrected chi connectivity index (χ0v) is 10.3. The maximum Gasteiger partial charge on any atom is 0.352 e. The summed E-state index contributed by atoms with van der Waals surface area (Å²) in [5.74, 6) is -1.62. The Hall–Kier alpha value is -2.69. The summed E-state index contributed by atoms with van der Waals surface area (Å²) in [5.41, 5.74) is 1.16. The number of carbonyl (C=O) groups excluding carboxylic acids is 1. The van der Waals surface area contributed by atoms with Crippen LogP contribution in [0, 0.1) is 0 Å². The lowest BCUT2D eigenvalue weighted by Crippen LogP contribution is -2.24. The van der Waals surface area contributed by atoms with Gasteiger partial charge in [0.1, 0.15) is 5.70 Å². The molecule has 1 aromatic heterocycles. The maximum absolute atomic E-state index is 11.1. The highest BCUT2D eigenvalue weighted by Gasteiger charge is 2.10. The monoisotopic (exact) mass is 256 g/mol. The highest BCUT2D eigenvalue weighted by molar-refractivity contribution is 5.99. The topological polar surface area (TPSA) is 79.3 Å². The smallest absolute Gasteiger partial charge is 0.352 e. The van der Waals surface area contributed by atoms with Crippen molar-refractivity contribution in [2.24, 2.45) is 0 Å². The van der Waals surface area contributed by atoms with Crippen molar-refractivity contribution in [3.63, 3.8) is 0 Å². The minimum absolute atomic E-state index is 0.175. The van der Waals surface area contributed by atoms with Crippen LogP contribution in [0.4, 0.5) is 0 Å². The van der Waals surface area contributed by atoms with Gasteiger partial charge in [0.25, 0.3) is 0 Å². The highest BCUT2D eigenvalue weighted by atomic mass is 16.4. The lowest BCUT2D eigenvalue weighted by molar-refractivity contribution is -0.134. The van der Waals surface area contributed by atoms with Crippen LogP contribution in [0.3, 0.4) is 0 Å². The van der Waals surface area contributed by atoms with E-state index in [2.05, 4.69) is 10.3 Å². The normalized spacial score (nSPS) is 11.3. The zero-order chi connectivity index (χ0) is 13.8. The number of para-hydroxylation sites is 1. The Bertz CT molecular complexity index is 672. The van der Waals surface area contributed by atoms with Gasteiger partial charge in [-0.25, -0.2) is 4.79 Å². The molecular formula is C14H12N2O3. The molecule has 0 unspecified atom stereocenters. The number of nitrogens with one attached hydrogen (secondary N) is 1. The van der Waals surface area contributed by atoms with Crippen LogP contribution in [-0.2, 0) is 9.59 Å². The third-order valence-electron chi connectivity index (χ3n) is 2.50. The van der Waals surface area contributed by atoms with Gasteiger partial charge in [-0.1, -0.05) is 24.3 Å². The molecule has 0 saturated heterocycles. The van der Waals surface area contributed by atoms with Crippen LogP contribution >= 0.6 is 0 Å². The summed E-state index contributed by atoms with van der Waals surface area (Å²) >= 11 is 0. The zero-order valence-electron chi connectivity index (χ0n) is 10.3. The van der Waals surface area contributed by atoms with Crippen molar-refractivity contribution in [3.8, 4) is 0 Å². The summed E-state index contributed by atoms with van der Waals surface area (Å²) in [6.07, 6.45) is 3.04. The third kappa shape index (κ3) is 2.95. The van der Waals surface area contributed by atoms with E-state index in [0.29, 0.717) is 11.1 Å². The van der Waals surface area contributed by atoms with Crippen LogP contribution < -0.4 is 5.32 Å². The summed E-state index contributed by atoms with van der Waals surface area (Å²) in [6, 6.07) is 9.14. The molecule has 2 N–H and O–H groups in total. The van der Waals surface area contributed by atoms with Gasteiger partial charge in [-0.05, 0) is 12.1 Å². The Balaban J connectivity index is 2.54. The third-order valence-corrected chi connectivity index (χ3v) is 2.50. The molecule has 0 aliphatic carbocycles. The second kappa shape index (κ2) is 5.30. The van der Waals surface area contributed by atoms with Crippen molar-refractivity contribution in [2.45, 2.75) is 6.92 Å². The number of hydrogen-bond acceptors (Lipinski definition) is 3. The summed E-state index contributed by atoms with van der Waals surface area (Å²) in [7, 11) is 0. The van der Waals surface area contributed by atoms with Crippen molar-refractivity contribution in [2.75, 3.05) is 0 Å². The number of aromatic nitrogens is 1. The fraction of sp³-hybridized carbons (Fsp3) is 0.0714. The van der Waals surface area contributed by atoms with Crippen LogP contribution in [0.25, 0.3) is 17.0 Å². The van der Waals surface area contributed by atoms with Gasteiger partial charge in [-0.3, -0.25) is 9.78 Å². The van der Waals surface area contributed by atoms with E-state index in [1.807, 2.05) is 24.3 Å². The molecule has 96 valence electrons. The number of hydrogen-bond donors (Lipinski definition) is 2. The number of carbonyl (C=O) groups is 2. The molecule has 0 spiro atoms. The van der Waals surface area contributed by atoms with Crippen LogP contribution in [-0.4, -0.2) is 22.0 Å². The molecular weight excluding hydrogens is 244 g/mol. The Morgan fingerprint density at radius 2 is 2.00 bits per heavy atom. The number of fused-ring (bicyclic) bond motifs is 1. The van der Waals surface area contributed by atoms with Crippen molar-refractivity contribution < 1.29 is 14.7 Å². The molecule has 2 rings (SSSR count). The van der Waals surface area contributed by atoms with Crippen molar-refractivity contribution in [1.29, 1.82) is 0 Å². The number of aliphatic carboxylic acids is 1. The summed E-state index contributed by atoms with van der Waals surface area (Å²) in [4.78, 5) is 26.3. The lowest BCUT2D eigenvalue weighted by Gasteiger charge is -2.05. The van der Waals surface area contributed by atoms with Gasteiger partial charge in [0.05, 0.1) is 5.52 Å². The number of nitrogens with zero attached hydrogens (tertiary/aromatic N) is 1. The second-order valence-electron chi connectivity index (χ2n) is 3.97. The lowest BCUT2D eigenvalue weighted by atomic mass is 10.1. The fourth-order valence-electron chi connectivity index (χ4n) is 1.74. The molecule has 1 aromatic carbocycles. The number of pyridine rings is 1. The van der Waals surface area contributed by atoms with Crippen LogP contribution in [0.1, 0.15) is 12.5 Å². The number of carboxylic acids is 1. The van der Waals surface area contributed by atoms with Gasteiger partial charge in [-0.15, -0.1) is 0 Å². The molecule has 0 radical (unpaired) electrons. The van der Waals surface area contributed by atoms with E-state index in [4.69, 9.17) is 5.11 Å². The minimum Gasteiger partial charge on any atom is -0.477 e. The van der Waals surface area contributed by atoms with Gasteiger partial charge in [0.15, 0.2) is 0 Å². The first-order chi connectivity index (χ1) is 9.08. The average Bonchev–Trinajstić information content (AvgIpc) is 2.37. The first-order valence-corrected chi connectivity index (χ1v) is 5.64. The summed E-state index contributed by atoms with van der Waals surface area (Å²) in [5, 5.41) is 12.2. The predicted octanol–water partition coefficient (Wildman–Crippen LogP) is 1.80. The van der Waals surface area contributed by atoms with E-state index in [-0.39, 0.29) is 5.70 Å². The van der Waals surface area contributed by atoms with E-state index >= 15 is 0 Å². The van der Waals surface area contributed by atoms with Gasteiger partial charge in [0.2, 0.25) is 5.91 Å². The van der Waals surface area contributed by atoms with Gasteiger partial charge < -0.3 is 10.4 Å². The van der Waals surface area contributed by atoms with E-state index in [0.717, 1.165) is 5.39 Å². The predicted molar refractivity (Wildman–Crippen MR) is 71.2 cm³/mol. The van der Waals surface area contributed by atoms with Gasteiger partial charge in [-0.2, -0.15) is 0 Å². The molecule has 0 atom stereocenters. The summed E-state index contributed by atoms with van der Waals surface area (Å²) in [6.45, 7) is 1.26. The molecule has 2 aromatic rings. The van der Waals surface area contributed by atoms with Crippen molar-refractivity contribution in [1.82, 2.24) is 10.3 Å². The van der Waals surface area contributed by atoms with Gasteiger partial charge >= 0.3 is 5.97 Å². The number of carboxylic acid groups (broad SMARTS) is 1. The highest BCUT2D eigenvalue weighted by Crippen LogP contribution is 2.18.